The number of hydrogen-bond donors (Lipinski definition) is 9. The molecule has 0 saturated carbocycles. The van der Waals surface area contributed by atoms with Gasteiger partial charge in [0.1, 0.15) is 96.6 Å². The lowest BCUT2D eigenvalue weighted by Crippen LogP contribution is -2.51. The zero-order valence-electron chi connectivity index (χ0n) is 55.0. The smallest absolute Gasteiger partial charge is 0.465 e. The first kappa shape index (κ1) is 78.5. The summed E-state index contributed by atoms with van der Waals surface area (Å²) >= 11 is 11.8. The van der Waals surface area contributed by atoms with Gasteiger partial charge in [-0.2, -0.15) is 0 Å². The van der Waals surface area contributed by atoms with Crippen LogP contribution in [0.25, 0.3) is 33.5 Å². The molecular formula is C56H87N15O22P4S3. The molecule has 0 amide bonds. The fourth-order valence-corrected chi connectivity index (χ4v) is 18.4. The molecule has 4 aliphatic heterocycles. The number of anilines is 3. The maximum atomic E-state index is 14.2. The number of aromatic nitrogens is 12. The summed E-state index contributed by atoms with van der Waals surface area (Å²) in [4.78, 5) is 96.7. The predicted octanol–water partition coefficient (Wildman–Crippen LogP) is 6.26. The van der Waals surface area contributed by atoms with Crippen molar-refractivity contribution in [2.24, 2.45) is 0 Å². The number of phosphoric ester groups is 1. The van der Waals surface area contributed by atoms with Crippen LogP contribution in [0.15, 0.2) is 38.0 Å². The number of nitrogens with zero attached hydrogens (tertiary/aromatic N) is 12. The van der Waals surface area contributed by atoms with Gasteiger partial charge in [-0.15, -0.1) is 0 Å². The Morgan fingerprint density at radius 3 is 1.68 bits per heavy atom. The molecule has 0 spiro atoms. The second kappa shape index (κ2) is 35.8. The molecule has 4 fully saturated rings. The highest BCUT2D eigenvalue weighted by molar-refractivity contribution is 8.54. The molecule has 0 aliphatic carbocycles. The summed E-state index contributed by atoms with van der Waals surface area (Å²) in [5.74, 6) is -0.512. The van der Waals surface area contributed by atoms with Crippen LogP contribution < -0.4 is 17.2 Å². The van der Waals surface area contributed by atoms with Crippen molar-refractivity contribution < 1.29 is 104 Å². The molecule has 6 aromatic rings. The highest BCUT2D eigenvalue weighted by Gasteiger charge is 2.61. The van der Waals surface area contributed by atoms with Gasteiger partial charge < -0.3 is 84.5 Å². The van der Waals surface area contributed by atoms with E-state index in [1.54, 1.807) is 0 Å². The van der Waals surface area contributed by atoms with Gasteiger partial charge >= 0.3 is 34.0 Å². The van der Waals surface area contributed by atoms with Crippen LogP contribution >= 0.6 is 39.4 Å². The average Bonchev–Trinajstić information content (AvgIpc) is 1.58. The molecule has 10 heterocycles. The Hall–Kier alpha value is -4.09. The van der Waals surface area contributed by atoms with Gasteiger partial charge in [-0.25, -0.2) is 54.0 Å². The van der Waals surface area contributed by atoms with E-state index < -0.39 is 140 Å². The van der Waals surface area contributed by atoms with E-state index in [1.807, 2.05) is 0 Å². The van der Waals surface area contributed by atoms with Crippen molar-refractivity contribution in [3.8, 4) is 0 Å². The molecule has 37 nitrogen and oxygen atoms in total. The molecule has 6 aromatic heterocycles. The fourth-order valence-electron chi connectivity index (χ4n) is 12.5. The molecule has 7 unspecified atom stereocenters. The van der Waals surface area contributed by atoms with Crippen molar-refractivity contribution in [2.45, 2.75) is 196 Å². The molecular weight excluding hydrogens is 1450 g/mol. The summed E-state index contributed by atoms with van der Waals surface area (Å²) in [5, 5.41) is 21.4. The predicted molar refractivity (Wildman–Crippen MR) is 367 cm³/mol. The van der Waals surface area contributed by atoms with E-state index in [0.717, 1.165) is 31.9 Å². The lowest BCUT2D eigenvalue weighted by Gasteiger charge is -2.39. The minimum absolute atomic E-state index is 0.00518. The standard InChI is InChI=1S/C56H87N15O22P4S3/c1-3-4-5-6-7-8-9-10-11-12-13-14-15-16-17-19-37(73)82-24-25-100-95(77,78)91-45-46-56(20-18-22-83-46,90-55(45)71-34-68-40-49(59)62-31-65-52(40)71)28-87-97(80,99)92-43-41(74)35(88-53(43)69-32-66-38-47(57)60-29-63-50(38)69)26-86-96(79,98)93-44-42(81-2)36(27-85-94(75,76)84-23-21-72)89-54(44)70-33-67-39-48(58)61-30-64-51(39)70/h29-36,41-46,53-55,72,74H,3-28H2,1-2H3,(H,75,76)(H,77,78)(H,79,98)(H,80,99)(H2,57,60,63)(H2,58,61,64)(H2,59,62,65)/t35-,36-,41+,42+,43?,44?,45?,46-,53-,54-,55-,56-,96?,97?/m1/s1. The third kappa shape index (κ3) is 19.9. The van der Waals surface area contributed by atoms with Crippen molar-refractivity contribution in [1.82, 2.24) is 58.6 Å². The SMILES string of the molecule is CCCCCCCCCCCCCCCCCC(=O)OCCSP(=O)(O)OC1[C@H](n2cnc3c(N)ncnc32)O[C@@]2(COP(O)(=S)OC3[C@@H](O)[C@@H](COP(O)(=S)OC4[C@@H](OC)[C@@H](COP(=O)(O)OCCO)O[C@H]4n4cnc5c(N)ncnc54)O[C@H]3n3cnc4c(N)ncnc43)CCCO[C@H]12. The van der Waals surface area contributed by atoms with Crippen molar-refractivity contribution >= 4 is 120 Å². The lowest BCUT2D eigenvalue weighted by molar-refractivity contribution is -0.164. The number of unbranched alkanes of at least 4 members (excludes halogenated alkanes) is 14. The Morgan fingerprint density at radius 2 is 1.13 bits per heavy atom. The number of carbonyl (C=O) groups is 1. The molecule has 0 aromatic carbocycles. The number of methoxy groups -OCH3 is 1. The Kier molecular flexibility index (Phi) is 28.1. The minimum Gasteiger partial charge on any atom is -0.465 e. The van der Waals surface area contributed by atoms with Crippen LogP contribution in [-0.4, -0.2) is 208 Å². The van der Waals surface area contributed by atoms with E-state index in [-0.39, 0.29) is 82.8 Å². The Bertz CT molecular complexity index is 3880. The van der Waals surface area contributed by atoms with Crippen LogP contribution in [0.3, 0.4) is 0 Å². The first-order chi connectivity index (χ1) is 48.0. The molecule has 556 valence electrons. The number of esters is 1. The summed E-state index contributed by atoms with van der Waals surface area (Å²) in [6.45, 7) is -14.9. The van der Waals surface area contributed by atoms with Crippen molar-refractivity contribution in [2.75, 3.05) is 76.3 Å². The number of fused-ring (bicyclic) bond motifs is 4. The minimum atomic E-state index is -4.76. The van der Waals surface area contributed by atoms with Crippen LogP contribution in [-0.2, 0) is 97.6 Å². The number of carbonyl (C=O) groups excluding carboxylic acids is 1. The van der Waals surface area contributed by atoms with Crippen LogP contribution in [0.4, 0.5) is 17.5 Å². The summed E-state index contributed by atoms with van der Waals surface area (Å²) in [6, 6.07) is 0. The molecule has 100 heavy (non-hydrogen) atoms. The number of aliphatic hydroxyl groups is 2. The number of aliphatic hydroxyl groups excluding tert-OH is 2. The number of nitrogens with two attached hydrogens (primary N) is 3. The van der Waals surface area contributed by atoms with Crippen molar-refractivity contribution in [3.05, 3.63) is 38.0 Å². The van der Waals surface area contributed by atoms with E-state index in [1.165, 1.54) is 117 Å². The largest absolute Gasteiger partial charge is 0.472 e. The van der Waals surface area contributed by atoms with Gasteiger partial charge in [-0.05, 0) is 54.3 Å². The van der Waals surface area contributed by atoms with Crippen LogP contribution in [0.5, 0.6) is 0 Å². The first-order valence-corrected chi connectivity index (χ1v) is 42.8. The van der Waals surface area contributed by atoms with Crippen LogP contribution in [0.2, 0.25) is 0 Å². The van der Waals surface area contributed by atoms with Gasteiger partial charge in [-0.1, -0.05) is 96.8 Å². The highest BCUT2D eigenvalue weighted by Crippen LogP contribution is 2.62. The Balaban J connectivity index is 0.797. The normalized spacial score (nSPS) is 27.2. The summed E-state index contributed by atoms with van der Waals surface area (Å²) in [6.07, 6.45) is 10.2. The van der Waals surface area contributed by atoms with E-state index in [0.29, 0.717) is 24.2 Å². The summed E-state index contributed by atoms with van der Waals surface area (Å²) in [5.41, 5.74) is 17.6. The van der Waals surface area contributed by atoms with Gasteiger partial charge in [-0.3, -0.25) is 41.1 Å². The maximum Gasteiger partial charge on any atom is 0.472 e. The molecule has 4 saturated heterocycles. The molecule has 16 atom stereocenters. The number of ether oxygens (including phenoxy) is 6. The van der Waals surface area contributed by atoms with Gasteiger partial charge in [0, 0.05) is 25.9 Å². The van der Waals surface area contributed by atoms with E-state index >= 15 is 0 Å². The lowest BCUT2D eigenvalue weighted by atomic mass is 9.89. The molecule has 12 N–H and O–H groups in total. The third-order valence-electron chi connectivity index (χ3n) is 17.3. The Morgan fingerprint density at radius 1 is 0.630 bits per heavy atom. The summed E-state index contributed by atoms with van der Waals surface area (Å²) < 4.78 is 109. The van der Waals surface area contributed by atoms with Crippen LogP contribution in [0, 0.1) is 0 Å². The van der Waals surface area contributed by atoms with Gasteiger partial charge in [0.2, 0.25) is 0 Å². The third-order valence-corrected chi connectivity index (χ3v) is 24.4. The maximum absolute atomic E-state index is 14.2. The second-order valence-electron chi connectivity index (χ2n) is 24.3. The van der Waals surface area contributed by atoms with Crippen molar-refractivity contribution in [1.29, 1.82) is 0 Å². The van der Waals surface area contributed by atoms with Crippen molar-refractivity contribution in [3.63, 3.8) is 0 Å². The van der Waals surface area contributed by atoms with Gasteiger partial charge in [0.05, 0.1) is 52.0 Å². The molecule has 10 rings (SSSR count). The van der Waals surface area contributed by atoms with E-state index in [4.69, 9.17) is 101 Å². The number of nitrogen functional groups attached to an aromatic ring is 3. The fraction of sp³-hybridized carbons (Fsp3) is 0.714. The number of rotatable bonds is 42. The number of phosphoric acid groups is 1. The first-order valence-electron chi connectivity index (χ1n) is 32.9. The molecule has 44 heteroatoms. The van der Waals surface area contributed by atoms with Gasteiger partial charge in [0.25, 0.3) is 0 Å². The zero-order chi connectivity index (χ0) is 71.2. The molecule has 0 bridgehead atoms. The monoisotopic (exact) mass is 1540 g/mol. The Labute approximate surface area is 589 Å². The summed E-state index contributed by atoms with van der Waals surface area (Å²) in [7, 11) is -3.50. The topological polar surface area (TPSA) is 501 Å². The highest BCUT2D eigenvalue weighted by atomic mass is 32.7. The number of hydrogen-bond acceptors (Lipinski definition) is 33. The molecule has 0 radical (unpaired) electrons. The number of imidazole rings is 3. The van der Waals surface area contributed by atoms with Gasteiger partial charge in [0.15, 0.2) is 53.1 Å². The second-order valence-corrected chi connectivity index (χ2v) is 35.3. The average molecular weight is 1540 g/mol. The zero-order valence-corrected chi connectivity index (χ0v) is 61.1. The van der Waals surface area contributed by atoms with E-state index in [2.05, 4.69) is 51.8 Å². The van der Waals surface area contributed by atoms with E-state index in [9.17, 15) is 43.7 Å². The quantitative estimate of drug-likeness (QED) is 0.0116. The molecule has 4 aliphatic rings. The van der Waals surface area contributed by atoms with Crippen LogP contribution in [0.1, 0.15) is 141 Å².